The highest BCUT2D eigenvalue weighted by Gasteiger charge is 2.29. The summed E-state index contributed by atoms with van der Waals surface area (Å²) in [5, 5.41) is 3.45. The molecule has 0 unspecified atom stereocenters. The molecule has 9 nitrogen and oxygen atoms in total. The van der Waals surface area contributed by atoms with Gasteiger partial charge in [-0.15, -0.1) is 0 Å². The molecule has 1 aliphatic carbocycles. The standard InChI is InChI=1S/C18H19N5O4S/c1-22-15-13(17(25)23(2)18(22)26)16(21-14(20-15)10-5-6-10)28-9-12(24)19-8-11-4-3-7-27-11/h3-4,7,10H,5-6,8-9H2,1-2H3,(H,19,24). The zero-order valence-corrected chi connectivity index (χ0v) is 16.3. The van der Waals surface area contributed by atoms with E-state index in [1.54, 1.807) is 25.4 Å². The lowest BCUT2D eigenvalue weighted by Crippen LogP contribution is -2.38. The van der Waals surface area contributed by atoms with E-state index in [0.29, 0.717) is 28.8 Å². The van der Waals surface area contributed by atoms with E-state index in [9.17, 15) is 14.4 Å². The second-order valence-corrected chi connectivity index (χ2v) is 7.67. The van der Waals surface area contributed by atoms with Crippen LogP contribution in [0.15, 0.2) is 37.4 Å². The van der Waals surface area contributed by atoms with E-state index < -0.39 is 11.2 Å². The van der Waals surface area contributed by atoms with Gasteiger partial charge in [0.05, 0.1) is 18.6 Å². The fraction of sp³-hybridized carbons (Fsp3) is 0.389. The second kappa shape index (κ2) is 7.27. The zero-order chi connectivity index (χ0) is 19.8. The summed E-state index contributed by atoms with van der Waals surface area (Å²) in [5.41, 5.74) is -0.590. The fourth-order valence-corrected chi connectivity index (χ4v) is 3.71. The molecule has 10 heteroatoms. The van der Waals surface area contributed by atoms with Gasteiger partial charge in [-0.3, -0.25) is 18.7 Å². The van der Waals surface area contributed by atoms with Crippen LogP contribution < -0.4 is 16.6 Å². The number of fused-ring (bicyclic) bond motifs is 1. The van der Waals surface area contributed by atoms with E-state index in [4.69, 9.17) is 4.42 Å². The summed E-state index contributed by atoms with van der Waals surface area (Å²) >= 11 is 1.17. The topological polar surface area (TPSA) is 112 Å². The van der Waals surface area contributed by atoms with E-state index in [-0.39, 0.29) is 23.0 Å². The largest absolute Gasteiger partial charge is 0.467 e. The number of carbonyl (C=O) groups excluding carboxylic acids is 1. The molecule has 0 atom stereocenters. The van der Waals surface area contributed by atoms with Crippen molar-refractivity contribution in [2.45, 2.75) is 30.3 Å². The smallest absolute Gasteiger partial charge is 0.332 e. The molecule has 3 aromatic rings. The highest BCUT2D eigenvalue weighted by Crippen LogP contribution is 2.39. The van der Waals surface area contributed by atoms with E-state index in [0.717, 1.165) is 17.4 Å². The molecule has 146 valence electrons. The lowest BCUT2D eigenvalue weighted by molar-refractivity contribution is -0.118. The molecule has 1 amide bonds. The van der Waals surface area contributed by atoms with E-state index >= 15 is 0 Å². The second-order valence-electron chi connectivity index (χ2n) is 6.71. The number of amides is 1. The van der Waals surface area contributed by atoms with Gasteiger partial charge in [0.15, 0.2) is 5.65 Å². The Bertz CT molecular complexity index is 1160. The first-order valence-electron chi connectivity index (χ1n) is 8.85. The number of nitrogens with one attached hydrogen (secondary N) is 1. The first kappa shape index (κ1) is 18.5. The lowest BCUT2D eigenvalue weighted by atomic mass is 10.3. The highest BCUT2D eigenvalue weighted by molar-refractivity contribution is 8.00. The monoisotopic (exact) mass is 401 g/mol. The molecule has 3 aromatic heterocycles. The van der Waals surface area contributed by atoms with Crippen LogP contribution in [-0.4, -0.2) is 30.8 Å². The number of rotatable bonds is 6. The first-order valence-corrected chi connectivity index (χ1v) is 9.84. The van der Waals surface area contributed by atoms with Gasteiger partial charge in [-0.25, -0.2) is 14.8 Å². The SMILES string of the molecule is Cn1c(=O)c2c(SCC(=O)NCc3ccco3)nc(C3CC3)nc2n(C)c1=O. The molecule has 0 aromatic carbocycles. The Morgan fingerprint density at radius 2 is 2.07 bits per heavy atom. The van der Waals surface area contributed by atoms with Gasteiger partial charge < -0.3 is 9.73 Å². The van der Waals surface area contributed by atoms with Crippen molar-refractivity contribution in [3.63, 3.8) is 0 Å². The molecule has 0 spiro atoms. The van der Waals surface area contributed by atoms with Gasteiger partial charge in [0, 0.05) is 20.0 Å². The third kappa shape index (κ3) is 3.47. The minimum Gasteiger partial charge on any atom is -0.467 e. The van der Waals surface area contributed by atoms with Crippen LogP contribution in [0.3, 0.4) is 0 Å². The van der Waals surface area contributed by atoms with Gasteiger partial charge in [-0.2, -0.15) is 0 Å². The molecule has 0 saturated heterocycles. The van der Waals surface area contributed by atoms with E-state index in [2.05, 4.69) is 15.3 Å². The number of hydrogen-bond acceptors (Lipinski definition) is 7. The molecular formula is C18H19N5O4S. The Hall–Kier alpha value is -2.88. The van der Waals surface area contributed by atoms with Gasteiger partial charge >= 0.3 is 5.69 Å². The number of aromatic nitrogens is 4. The van der Waals surface area contributed by atoms with Crippen molar-refractivity contribution in [1.29, 1.82) is 0 Å². The van der Waals surface area contributed by atoms with Crippen LogP contribution in [0.4, 0.5) is 0 Å². The Morgan fingerprint density at radius 3 is 2.75 bits per heavy atom. The van der Waals surface area contributed by atoms with Gasteiger partial charge in [-0.1, -0.05) is 11.8 Å². The molecule has 4 rings (SSSR count). The number of thioether (sulfide) groups is 1. The molecular weight excluding hydrogens is 382 g/mol. The summed E-state index contributed by atoms with van der Waals surface area (Å²) < 4.78 is 7.57. The number of aryl methyl sites for hydroxylation is 1. The molecule has 0 aliphatic heterocycles. The quantitative estimate of drug-likeness (QED) is 0.482. The summed E-state index contributed by atoms with van der Waals surface area (Å²) in [6.45, 7) is 0.292. The van der Waals surface area contributed by atoms with Gasteiger partial charge in [-0.05, 0) is 25.0 Å². The van der Waals surface area contributed by atoms with E-state index in [1.165, 1.54) is 23.4 Å². The molecule has 1 fully saturated rings. The van der Waals surface area contributed by atoms with Crippen molar-refractivity contribution in [2.24, 2.45) is 14.1 Å². The average Bonchev–Trinajstić information content (AvgIpc) is 3.42. The van der Waals surface area contributed by atoms with Gasteiger partial charge in [0.2, 0.25) is 5.91 Å². The number of nitrogens with zero attached hydrogens (tertiary/aromatic N) is 4. The molecule has 0 bridgehead atoms. The Labute approximate surface area is 163 Å². The maximum absolute atomic E-state index is 12.7. The van der Waals surface area contributed by atoms with Crippen molar-refractivity contribution in [1.82, 2.24) is 24.4 Å². The Morgan fingerprint density at radius 1 is 1.29 bits per heavy atom. The fourth-order valence-electron chi connectivity index (χ4n) is 2.86. The lowest BCUT2D eigenvalue weighted by Gasteiger charge is -2.11. The molecule has 3 heterocycles. The third-order valence-corrected chi connectivity index (χ3v) is 5.58. The number of furan rings is 1. The van der Waals surface area contributed by atoms with Crippen molar-refractivity contribution in [3.05, 3.63) is 50.8 Å². The average molecular weight is 401 g/mol. The molecule has 1 N–H and O–H groups in total. The van der Waals surface area contributed by atoms with Gasteiger partial charge in [0.1, 0.15) is 22.0 Å². The van der Waals surface area contributed by atoms with Crippen LogP contribution in [0, 0.1) is 0 Å². The zero-order valence-electron chi connectivity index (χ0n) is 15.5. The Kier molecular flexibility index (Phi) is 4.80. The van der Waals surface area contributed by atoms with Crippen molar-refractivity contribution in [3.8, 4) is 0 Å². The normalized spacial score (nSPS) is 13.8. The summed E-state index contributed by atoms with van der Waals surface area (Å²) in [4.78, 5) is 46.2. The molecule has 28 heavy (non-hydrogen) atoms. The van der Waals surface area contributed by atoms with Crippen molar-refractivity contribution in [2.75, 3.05) is 5.75 Å². The third-order valence-electron chi connectivity index (χ3n) is 4.61. The summed E-state index contributed by atoms with van der Waals surface area (Å²) in [5.74, 6) is 1.40. The van der Waals surface area contributed by atoms with Crippen LogP contribution in [0.2, 0.25) is 0 Å². The number of carbonyl (C=O) groups is 1. The molecule has 1 saturated carbocycles. The summed E-state index contributed by atoms with van der Waals surface area (Å²) in [6.07, 6.45) is 3.51. The molecule has 0 radical (unpaired) electrons. The van der Waals surface area contributed by atoms with Crippen LogP contribution >= 0.6 is 11.8 Å². The maximum atomic E-state index is 12.7. The van der Waals surface area contributed by atoms with E-state index in [1.807, 2.05) is 0 Å². The van der Waals surface area contributed by atoms with Crippen molar-refractivity contribution >= 4 is 28.7 Å². The predicted octanol–water partition coefficient (Wildman–Crippen LogP) is 0.906. The Balaban J connectivity index is 1.64. The van der Waals surface area contributed by atoms with Crippen molar-refractivity contribution < 1.29 is 9.21 Å². The van der Waals surface area contributed by atoms with Gasteiger partial charge in [0.25, 0.3) is 5.56 Å². The summed E-state index contributed by atoms with van der Waals surface area (Å²) in [7, 11) is 3.00. The molecule has 1 aliphatic rings. The van der Waals surface area contributed by atoms with Crippen LogP contribution in [-0.2, 0) is 25.4 Å². The minimum absolute atomic E-state index is 0.0862. The first-order chi connectivity index (χ1) is 13.5. The minimum atomic E-state index is -0.459. The predicted molar refractivity (Wildman–Crippen MR) is 103 cm³/mol. The van der Waals surface area contributed by atoms with Crippen LogP contribution in [0.1, 0.15) is 30.3 Å². The highest BCUT2D eigenvalue weighted by atomic mass is 32.2. The van der Waals surface area contributed by atoms with Crippen LogP contribution in [0.25, 0.3) is 11.0 Å². The van der Waals surface area contributed by atoms with Crippen LogP contribution in [0.5, 0.6) is 0 Å². The maximum Gasteiger partial charge on any atom is 0.332 e. The summed E-state index contributed by atoms with van der Waals surface area (Å²) in [6, 6.07) is 3.53. The number of hydrogen-bond donors (Lipinski definition) is 1.